The van der Waals surface area contributed by atoms with E-state index in [0.717, 1.165) is 28.5 Å². The van der Waals surface area contributed by atoms with Crippen LogP contribution in [0.25, 0.3) is 5.57 Å². The van der Waals surface area contributed by atoms with Gasteiger partial charge in [0.05, 0.1) is 16.2 Å². The van der Waals surface area contributed by atoms with Crippen LogP contribution in [0.2, 0.25) is 0 Å². The normalized spacial score (nSPS) is 16.7. The highest BCUT2D eigenvalue weighted by molar-refractivity contribution is 8.18. The number of hydrogen-bond donors (Lipinski definition) is 0. The number of hydrogen-bond acceptors (Lipinski definition) is 8. The predicted molar refractivity (Wildman–Crippen MR) is 126 cm³/mol. The van der Waals surface area contributed by atoms with Crippen LogP contribution in [0.15, 0.2) is 75.6 Å². The van der Waals surface area contributed by atoms with Crippen molar-refractivity contribution < 1.29 is 21.1 Å². The Kier molecular flexibility index (Phi) is 7.23. The molecule has 0 N–H and O–H groups in total. The summed E-state index contributed by atoms with van der Waals surface area (Å²) in [4.78, 5) is 0.664. The summed E-state index contributed by atoms with van der Waals surface area (Å²) in [5.74, 6) is -1.35. The summed E-state index contributed by atoms with van der Waals surface area (Å²) in [6, 6.07) is 15.8. The minimum atomic E-state index is -4.22. The molecule has 2 aromatic rings. The van der Waals surface area contributed by atoms with Crippen molar-refractivity contribution in [3.05, 3.63) is 82.3 Å². The quantitative estimate of drug-likeness (QED) is 0.428. The lowest BCUT2D eigenvalue weighted by molar-refractivity contribution is 0.341. The Balaban J connectivity index is 1.67. The molecule has 2 aromatic carbocycles. The standard InChI is InChI=1S/C22H20N2O5S3/c1-16-7-9-18(10-8-16)31(25,26)13-14-32(27,28)29-24-22-12-11-21(30-22)20(15-23)19-6-4-3-5-17(19)2/h3-12H,13-14H2,1-2H3/b21-20+,24-22?. The van der Waals surface area contributed by atoms with Crippen molar-refractivity contribution in [3.8, 4) is 6.07 Å². The maximum atomic E-state index is 12.4. The maximum absolute atomic E-state index is 12.4. The van der Waals surface area contributed by atoms with E-state index in [0.29, 0.717) is 10.5 Å². The molecule has 0 unspecified atom stereocenters. The molecule has 0 bridgehead atoms. The molecule has 0 aliphatic carbocycles. The lowest BCUT2D eigenvalue weighted by Crippen LogP contribution is -2.18. The Hall–Kier alpha value is -2.87. The van der Waals surface area contributed by atoms with E-state index in [9.17, 15) is 22.1 Å². The molecule has 0 saturated heterocycles. The second kappa shape index (κ2) is 9.73. The van der Waals surface area contributed by atoms with Crippen molar-refractivity contribution in [3.63, 3.8) is 0 Å². The van der Waals surface area contributed by atoms with E-state index >= 15 is 0 Å². The highest BCUT2D eigenvalue weighted by atomic mass is 32.2. The molecule has 7 nitrogen and oxygen atoms in total. The third-order valence-electron chi connectivity index (χ3n) is 4.59. The van der Waals surface area contributed by atoms with Crippen molar-refractivity contribution in [2.75, 3.05) is 11.5 Å². The number of sulfone groups is 1. The topological polar surface area (TPSA) is 114 Å². The second-order valence-corrected chi connectivity index (χ2v) is 11.8. The number of aryl methyl sites for hydroxylation is 2. The van der Waals surface area contributed by atoms with Crippen molar-refractivity contribution in [2.45, 2.75) is 18.7 Å². The Morgan fingerprint density at radius 1 is 1.00 bits per heavy atom. The van der Waals surface area contributed by atoms with Crippen LogP contribution in [-0.2, 0) is 24.2 Å². The molecule has 0 spiro atoms. The summed E-state index contributed by atoms with van der Waals surface area (Å²) in [5, 5.41) is 13.5. The third kappa shape index (κ3) is 5.88. The number of rotatable bonds is 7. The summed E-state index contributed by atoms with van der Waals surface area (Å²) in [5.41, 5.74) is 3.05. The molecule has 10 heteroatoms. The molecule has 0 aromatic heterocycles. The van der Waals surface area contributed by atoms with Crippen LogP contribution in [0, 0.1) is 25.2 Å². The van der Waals surface area contributed by atoms with Crippen molar-refractivity contribution in [2.24, 2.45) is 5.16 Å². The average molecular weight is 489 g/mol. The SMILES string of the molecule is Cc1ccc(S(=O)(=O)CCS(=O)(=O)ON=C2C=C/C(=C(/C#N)c3ccccc3C)S2)cc1. The van der Waals surface area contributed by atoms with Gasteiger partial charge in [-0.15, -0.1) is 0 Å². The first-order valence-electron chi connectivity index (χ1n) is 9.46. The summed E-state index contributed by atoms with van der Waals surface area (Å²) in [7, 11) is -7.99. The number of oxime groups is 1. The molecule has 1 aliphatic rings. The lowest BCUT2D eigenvalue weighted by Gasteiger charge is -2.06. The molecular weight excluding hydrogens is 468 g/mol. The van der Waals surface area contributed by atoms with Gasteiger partial charge in [0, 0.05) is 4.91 Å². The molecule has 166 valence electrons. The monoisotopic (exact) mass is 488 g/mol. The maximum Gasteiger partial charge on any atom is 0.329 e. The molecular formula is C22H20N2O5S3. The van der Waals surface area contributed by atoms with E-state index in [1.165, 1.54) is 18.2 Å². The van der Waals surface area contributed by atoms with Gasteiger partial charge in [0.15, 0.2) is 9.84 Å². The molecule has 1 heterocycles. The minimum absolute atomic E-state index is 0.0499. The molecule has 1 aliphatic heterocycles. The number of thioether (sulfide) groups is 1. The fourth-order valence-electron chi connectivity index (χ4n) is 2.82. The smallest absolute Gasteiger partial charge is 0.267 e. The van der Waals surface area contributed by atoms with Gasteiger partial charge >= 0.3 is 10.1 Å². The average Bonchev–Trinajstić information content (AvgIpc) is 3.22. The van der Waals surface area contributed by atoms with Gasteiger partial charge in [-0.2, -0.15) is 13.7 Å². The van der Waals surface area contributed by atoms with Gasteiger partial charge in [0.2, 0.25) is 0 Å². The van der Waals surface area contributed by atoms with Crippen LogP contribution < -0.4 is 0 Å². The molecule has 0 amide bonds. The molecule has 0 saturated carbocycles. The Morgan fingerprint density at radius 3 is 2.34 bits per heavy atom. The number of benzene rings is 2. The fraction of sp³-hybridized carbons (Fsp3) is 0.182. The van der Waals surface area contributed by atoms with Gasteiger partial charge in [0.1, 0.15) is 16.9 Å². The fourth-order valence-corrected chi connectivity index (χ4v) is 6.44. The Bertz CT molecular complexity index is 1370. The Morgan fingerprint density at radius 2 is 1.69 bits per heavy atom. The minimum Gasteiger partial charge on any atom is -0.267 e. The predicted octanol–water partition coefficient (Wildman–Crippen LogP) is 3.97. The number of nitrogens with zero attached hydrogens (tertiary/aromatic N) is 2. The molecule has 3 rings (SSSR count). The number of allylic oxidation sites excluding steroid dienone is 2. The first-order chi connectivity index (χ1) is 15.1. The van der Waals surface area contributed by atoms with Gasteiger partial charge in [-0.1, -0.05) is 58.9 Å². The van der Waals surface area contributed by atoms with Crippen LogP contribution in [0.5, 0.6) is 0 Å². The molecule has 0 atom stereocenters. The van der Waals surface area contributed by atoms with E-state index in [4.69, 9.17) is 0 Å². The van der Waals surface area contributed by atoms with Crippen molar-refractivity contribution in [1.29, 1.82) is 5.26 Å². The highest BCUT2D eigenvalue weighted by Gasteiger charge is 2.22. The zero-order valence-electron chi connectivity index (χ0n) is 17.3. The molecule has 0 radical (unpaired) electrons. The van der Waals surface area contributed by atoms with E-state index in [1.54, 1.807) is 18.2 Å². The van der Waals surface area contributed by atoms with E-state index in [-0.39, 0.29) is 9.94 Å². The largest absolute Gasteiger partial charge is 0.329 e. The van der Waals surface area contributed by atoms with Crippen LogP contribution in [0.4, 0.5) is 0 Å². The van der Waals surface area contributed by atoms with Gasteiger partial charge in [-0.25, -0.2) is 8.42 Å². The van der Waals surface area contributed by atoms with Crippen LogP contribution in [0.1, 0.15) is 16.7 Å². The summed E-state index contributed by atoms with van der Waals surface area (Å²) in [6.45, 7) is 3.72. The molecule has 32 heavy (non-hydrogen) atoms. The molecule has 0 fully saturated rings. The first-order valence-corrected chi connectivity index (χ1v) is 13.5. The third-order valence-corrected chi connectivity index (χ3v) is 8.56. The Labute approximate surface area is 192 Å². The van der Waals surface area contributed by atoms with Gasteiger partial charge in [0.25, 0.3) is 0 Å². The zero-order valence-corrected chi connectivity index (χ0v) is 19.8. The highest BCUT2D eigenvalue weighted by Crippen LogP contribution is 2.34. The summed E-state index contributed by atoms with van der Waals surface area (Å²) >= 11 is 1.10. The van der Waals surface area contributed by atoms with Crippen molar-refractivity contribution >= 4 is 42.3 Å². The number of nitriles is 1. The van der Waals surface area contributed by atoms with E-state index in [1.807, 2.05) is 38.1 Å². The van der Waals surface area contributed by atoms with Gasteiger partial charge < -0.3 is 0 Å². The van der Waals surface area contributed by atoms with Gasteiger partial charge in [-0.05, 0) is 49.3 Å². The van der Waals surface area contributed by atoms with Crippen LogP contribution in [0.3, 0.4) is 0 Å². The lowest BCUT2D eigenvalue weighted by atomic mass is 10.0. The van der Waals surface area contributed by atoms with Gasteiger partial charge in [-0.3, -0.25) is 4.28 Å². The zero-order chi connectivity index (χ0) is 23.4. The van der Waals surface area contributed by atoms with Crippen LogP contribution >= 0.6 is 11.8 Å². The van der Waals surface area contributed by atoms with Crippen LogP contribution in [-0.4, -0.2) is 33.4 Å². The van der Waals surface area contributed by atoms with E-state index in [2.05, 4.69) is 15.5 Å². The van der Waals surface area contributed by atoms with E-state index < -0.39 is 31.5 Å². The first kappa shape index (κ1) is 23.8. The second-order valence-electron chi connectivity index (χ2n) is 7.00. The summed E-state index contributed by atoms with van der Waals surface area (Å²) in [6.07, 6.45) is 3.19. The summed E-state index contributed by atoms with van der Waals surface area (Å²) < 4.78 is 53.7. The van der Waals surface area contributed by atoms with Crippen molar-refractivity contribution in [1.82, 2.24) is 0 Å².